The van der Waals surface area contributed by atoms with Crippen LogP contribution in [0, 0.1) is 0 Å². The van der Waals surface area contributed by atoms with E-state index in [4.69, 9.17) is 4.74 Å². The molecule has 0 aliphatic heterocycles. The third-order valence-electron chi connectivity index (χ3n) is 2.13. The monoisotopic (exact) mass is 256 g/mol. The molecule has 0 amide bonds. The highest BCUT2D eigenvalue weighted by Crippen LogP contribution is 2.15. The summed E-state index contributed by atoms with van der Waals surface area (Å²) < 4.78 is 29.4. The van der Waals surface area contributed by atoms with E-state index in [-0.39, 0.29) is 11.7 Å². The Hall–Kier alpha value is -1.78. The molecule has 98 valence electrons. The van der Waals surface area contributed by atoms with E-state index in [1.807, 2.05) is 13.8 Å². The average Bonchev–Trinajstić information content (AvgIpc) is 2.28. The van der Waals surface area contributed by atoms with Crippen molar-refractivity contribution in [1.29, 1.82) is 0 Å². The molecule has 0 radical (unpaired) electrons. The Morgan fingerprint density at radius 2 is 1.72 bits per heavy atom. The van der Waals surface area contributed by atoms with Crippen molar-refractivity contribution in [3.05, 3.63) is 29.8 Å². The van der Waals surface area contributed by atoms with Gasteiger partial charge < -0.3 is 4.74 Å². The average molecular weight is 256 g/mol. The van der Waals surface area contributed by atoms with Gasteiger partial charge in [-0.25, -0.2) is 8.78 Å². The number of carbonyl (C=O) groups is 2. The van der Waals surface area contributed by atoms with E-state index < -0.39 is 24.4 Å². The molecule has 18 heavy (non-hydrogen) atoms. The van der Waals surface area contributed by atoms with Gasteiger partial charge in [0, 0.05) is 5.56 Å². The van der Waals surface area contributed by atoms with Gasteiger partial charge in [-0.2, -0.15) is 0 Å². The van der Waals surface area contributed by atoms with Crippen molar-refractivity contribution in [3.8, 4) is 5.75 Å². The van der Waals surface area contributed by atoms with Gasteiger partial charge >= 0.3 is 0 Å². The molecule has 1 rings (SSSR count). The molecule has 1 aromatic rings. The SMILES string of the molecule is CC(C)Oc1ccc(C(=O)CC(=O)C(F)F)cc1. The Bertz CT molecular complexity index is 424. The summed E-state index contributed by atoms with van der Waals surface area (Å²) in [5, 5.41) is 0. The highest BCUT2D eigenvalue weighted by atomic mass is 19.3. The van der Waals surface area contributed by atoms with E-state index in [1.54, 1.807) is 12.1 Å². The quantitative estimate of drug-likeness (QED) is 0.580. The summed E-state index contributed by atoms with van der Waals surface area (Å²) in [5.41, 5.74) is 0.222. The van der Waals surface area contributed by atoms with Crippen molar-refractivity contribution in [2.24, 2.45) is 0 Å². The van der Waals surface area contributed by atoms with Gasteiger partial charge in [-0.3, -0.25) is 9.59 Å². The van der Waals surface area contributed by atoms with E-state index in [0.29, 0.717) is 5.75 Å². The molecule has 0 aromatic heterocycles. The molecule has 0 fully saturated rings. The highest BCUT2D eigenvalue weighted by molar-refractivity contribution is 6.08. The largest absolute Gasteiger partial charge is 0.491 e. The zero-order chi connectivity index (χ0) is 13.7. The number of halogens is 2. The van der Waals surface area contributed by atoms with E-state index in [0.717, 1.165) is 0 Å². The van der Waals surface area contributed by atoms with Gasteiger partial charge in [0.15, 0.2) is 5.78 Å². The van der Waals surface area contributed by atoms with Gasteiger partial charge in [0.25, 0.3) is 6.43 Å². The number of Topliss-reactive ketones (excluding diaryl/α,β-unsaturated/α-hetero) is 2. The molecule has 3 nitrogen and oxygen atoms in total. The molecule has 0 unspecified atom stereocenters. The number of ketones is 2. The Kier molecular flexibility index (Phi) is 4.95. The van der Waals surface area contributed by atoms with Crippen molar-refractivity contribution in [1.82, 2.24) is 0 Å². The molecule has 0 atom stereocenters. The van der Waals surface area contributed by atoms with E-state index in [9.17, 15) is 18.4 Å². The molecule has 0 saturated heterocycles. The van der Waals surface area contributed by atoms with Crippen LogP contribution in [0.5, 0.6) is 5.75 Å². The van der Waals surface area contributed by atoms with Gasteiger partial charge in [-0.1, -0.05) is 0 Å². The van der Waals surface area contributed by atoms with Crippen LogP contribution in [-0.4, -0.2) is 24.1 Å². The van der Waals surface area contributed by atoms with Crippen molar-refractivity contribution in [3.63, 3.8) is 0 Å². The molecule has 0 aliphatic carbocycles. The lowest BCUT2D eigenvalue weighted by atomic mass is 10.1. The molecule has 0 aliphatic rings. The Balaban J connectivity index is 2.67. The van der Waals surface area contributed by atoms with Crippen LogP contribution < -0.4 is 4.74 Å². The van der Waals surface area contributed by atoms with Crippen molar-refractivity contribution in [2.45, 2.75) is 32.8 Å². The fraction of sp³-hybridized carbons (Fsp3) is 0.385. The number of ether oxygens (including phenoxy) is 1. The fourth-order valence-electron chi connectivity index (χ4n) is 1.33. The predicted molar refractivity (Wildman–Crippen MR) is 62.2 cm³/mol. The van der Waals surface area contributed by atoms with Crippen LogP contribution in [0.4, 0.5) is 8.78 Å². The Morgan fingerprint density at radius 3 is 2.17 bits per heavy atom. The number of hydrogen-bond acceptors (Lipinski definition) is 3. The van der Waals surface area contributed by atoms with E-state index >= 15 is 0 Å². The van der Waals surface area contributed by atoms with Crippen LogP contribution in [0.15, 0.2) is 24.3 Å². The van der Waals surface area contributed by atoms with Crippen molar-refractivity contribution in [2.75, 3.05) is 0 Å². The van der Waals surface area contributed by atoms with Gasteiger partial charge in [-0.15, -0.1) is 0 Å². The van der Waals surface area contributed by atoms with Gasteiger partial charge in [0.2, 0.25) is 5.78 Å². The molecule has 5 heteroatoms. The molecule has 0 heterocycles. The lowest BCUT2D eigenvalue weighted by molar-refractivity contribution is -0.128. The maximum Gasteiger partial charge on any atom is 0.296 e. The van der Waals surface area contributed by atoms with E-state index in [2.05, 4.69) is 0 Å². The van der Waals surface area contributed by atoms with E-state index in [1.165, 1.54) is 12.1 Å². The van der Waals surface area contributed by atoms with Crippen LogP contribution in [0.2, 0.25) is 0 Å². The molecular weight excluding hydrogens is 242 g/mol. The number of rotatable bonds is 6. The molecule has 0 saturated carbocycles. The fourth-order valence-corrected chi connectivity index (χ4v) is 1.33. The van der Waals surface area contributed by atoms with Crippen LogP contribution in [0.1, 0.15) is 30.6 Å². The predicted octanol–water partition coefficient (Wildman–Crippen LogP) is 2.88. The zero-order valence-corrected chi connectivity index (χ0v) is 10.2. The second-order valence-electron chi connectivity index (χ2n) is 4.06. The molecule has 0 bridgehead atoms. The highest BCUT2D eigenvalue weighted by Gasteiger charge is 2.19. The zero-order valence-electron chi connectivity index (χ0n) is 10.2. The first-order valence-corrected chi connectivity index (χ1v) is 5.51. The summed E-state index contributed by atoms with van der Waals surface area (Å²) in [6.07, 6.45) is -3.87. The summed E-state index contributed by atoms with van der Waals surface area (Å²) in [5.74, 6) is -1.39. The van der Waals surface area contributed by atoms with Crippen LogP contribution >= 0.6 is 0 Å². The second kappa shape index (κ2) is 6.23. The van der Waals surface area contributed by atoms with Gasteiger partial charge in [-0.05, 0) is 38.1 Å². The first kappa shape index (κ1) is 14.3. The van der Waals surface area contributed by atoms with Crippen LogP contribution in [-0.2, 0) is 4.79 Å². The standard InChI is InChI=1S/C13H14F2O3/c1-8(2)18-10-5-3-9(4-6-10)11(16)7-12(17)13(14)15/h3-6,8,13H,7H2,1-2H3. The lowest BCUT2D eigenvalue weighted by Gasteiger charge is -2.09. The Morgan fingerprint density at radius 1 is 1.17 bits per heavy atom. The molecule has 1 aromatic carbocycles. The van der Waals surface area contributed by atoms with Gasteiger partial charge in [0.05, 0.1) is 12.5 Å². The minimum atomic E-state index is -3.10. The van der Waals surface area contributed by atoms with Gasteiger partial charge in [0.1, 0.15) is 5.75 Å². The smallest absolute Gasteiger partial charge is 0.296 e. The van der Waals surface area contributed by atoms with Crippen LogP contribution in [0.25, 0.3) is 0 Å². The second-order valence-corrected chi connectivity index (χ2v) is 4.06. The molecular formula is C13H14F2O3. The topological polar surface area (TPSA) is 43.4 Å². The number of benzene rings is 1. The third kappa shape index (κ3) is 4.24. The lowest BCUT2D eigenvalue weighted by Crippen LogP contribution is -2.15. The number of carbonyl (C=O) groups excluding carboxylic acids is 2. The summed E-state index contributed by atoms with van der Waals surface area (Å²) in [6, 6.07) is 6.05. The van der Waals surface area contributed by atoms with Crippen molar-refractivity contribution < 1.29 is 23.1 Å². The number of alkyl halides is 2. The summed E-state index contributed by atoms with van der Waals surface area (Å²) >= 11 is 0. The Labute approximate surface area is 104 Å². The normalized spacial score (nSPS) is 10.8. The molecule has 0 spiro atoms. The van der Waals surface area contributed by atoms with Crippen LogP contribution in [0.3, 0.4) is 0 Å². The van der Waals surface area contributed by atoms with Crippen molar-refractivity contribution >= 4 is 11.6 Å². The maximum atomic E-state index is 12.0. The third-order valence-corrected chi connectivity index (χ3v) is 2.13. The summed E-state index contributed by atoms with van der Waals surface area (Å²) in [4.78, 5) is 22.2. The molecule has 0 N–H and O–H groups in total. The minimum absolute atomic E-state index is 0.00645. The number of hydrogen-bond donors (Lipinski definition) is 0. The first-order chi connectivity index (χ1) is 8.40. The first-order valence-electron chi connectivity index (χ1n) is 5.51. The maximum absolute atomic E-state index is 12.0. The summed E-state index contributed by atoms with van der Waals surface area (Å²) in [7, 11) is 0. The minimum Gasteiger partial charge on any atom is -0.491 e. The summed E-state index contributed by atoms with van der Waals surface area (Å²) in [6.45, 7) is 3.72.